The molecule has 1 aromatic heterocycles. The molecule has 2 unspecified atom stereocenters. The van der Waals surface area contributed by atoms with Crippen LogP contribution < -0.4 is 14.3 Å². The number of hydrogen-bond donors (Lipinski definition) is 0. The van der Waals surface area contributed by atoms with E-state index in [2.05, 4.69) is 4.99 Å². The smallest absolute Gasteiger partial charge is 0.279 e. The molecule has 1 saturated heterocycles. The second-order valence-electron chi connectivity index (χ2n) is 8.32. The largest absolute Gasteiger partial charge is 0.454 e. The Morgan fingerprint density at radius 1 is 1.09 bits per heavy atom. The summed E-state index contributed by atoms with van der Waals surface area (Å²) in [5.41, 5.74) is 1.23. The quantitative estimate of drug-likeness (QED) is 0.543. The van der Waals surface area contributed by atoms with E-state index in [-0.39, 0.29) is 23.9 Å². The van der Waals surface area contributed by atoms with Gasteiger partial charge in [-0.3, -0.25) is 4.79 Å². The summed E-state index contributed by atoms with van der Waals surface area (Å²) in [6.07, 6.45) is -0.354. The van der Waals surface area contributed by atoms with Gasteiger partial charge in [0.05, 0.1) is 27.3 Å². The van der Waals surface area contributed by atoms with Gasteiger partial charge in [-0.15, -0.1) is 0 Å². The lowest BCUT2D eigenvalue weighted by atomic mass is 10.2. The minimum atomic E-state index is -3.68. The zero-order chi connectivity index (χ0) is 24.0. The van der Waals surface area contributed by atoms with Crippen LogP contribution in [0.1, 0.15) is 31.1 Å². The Morgan fingerprint density at radius 2 is 1.74 bits per heavy atom. The van der Waals surface area contributed by atoms with Crippen LogP contribution in [0.25, 0.3) is 10.2 Å². The normalized spacial score (nSPS) is 21.3. The first-order chi connectivity index (χ1) is 16.3. The number of carbonyl (C=O) groups is 1. The van der Waals surface area contributed by atoms with Gasteiger partial charge in [0.2, 0.25) is 16.8 Å². The lowest BCUT2D eigenvalue weighted by Gasteiger charge is -2.34. The van der Waals surface area contributed by atoms with E-state index in [0.717, 1.165) is 10.2 Å². The first-order valence-electron chi connectivity index (χ1n) is 11.0. The van der Waals surface area contributed by atoms with Gasteiger partial charge in [0, 0.05) is 37.3 Å². The summed E-state index contributed by atoms with van der Waals surface area (Å²) in [4.78, 5) is 17.9. The summed E-state index contributed by atoms with van der Waals surface area (Å²) in [5, 5.41) is 0. The standard InChI is InChI=1S/C23H25N3O6S2/c1-4-26-18-9-19-20(31-13-30-19)10-21(18)33-23(26)24-22(27)16-5-7-17(8-6-16)34(28,29)25-11-14(2)32-15(3)12-25/h5-10,14-15H,4,11-13H2,1-3H3. The fraction of sp³-hybridized carbons (Fsp3) is 0.391. The van der Waals surface area contributed by atoms with Gasteiger partial charge in [-0.1, -0.05) is 11.3 Å². The molecule has 180 valence electrons. The third-order valence-electron chi connectivity index (χ3n) is 5.82. The highest BCUT2D eigenvalue weighted by atomic mass is 32.2. The van der Waals surface area contributed by atoms with Gasteiger partial charge in [0.1, 0.15) is 0 Å². The van der Waals surface area contributed by atoms with E-state index in [9.17, 15) is 13.2 Å². The highest BCUT2D eigenvalue weighted by molar-refractivity contribution is 7.89. The predicted octanol–water partition coefficient (Wildman–Crippen LogP) is 2.99. The third-order valence-corrected chi connectivity index (χ3v) is 8.70. The SMILES string of the molecule is CCn1c(=NC(=O)c2ccc(S(=O)(=O)N3CC(C)OC(C)C3)cc2)sc2cc3c(cc21)OCO3. The molecule has 1 amide bonds. The van der Waals surface area contributed by atoms with Gasteiger partial charge in [-0.25, -0.2) is 8.42 Å². The molecular formula is C23H25N3O6S2. The number of fused-ring (bicyclic) bond motifs is 2. The van der Waals surface area contributed by atoms with Gasteiger partial charge in [0.25, 0.3) is 5.91 Å². The van der Waals surface area contributed by atoms with Crippen LogP contribution in [0.5, 0.6) is 11.5 Å². The average Bonchev–Trinajstić information content (AvgIpc) is 3.39. The Labute approximate surface area is 201 Å². The van der Waals surface area contributed by atoms with Crippen molar-refractivity contribution in [2.24, 2.45) is 4.99 Å². The van der Waals surface area contributed by atoms with E-state index in [1.165, 1.54) is 39.9 Å². The van der Waals surface area contributed by atoms with E-state index >= 15 is 0 Å². The van der Waals surface area contributed by atoms with E-state index < -0.39 is 15.9 Å². The number of hydrogen-bond acceptors (Lipinski definition) is 7. The van der Waals surface area contributed by atoms with Crippen LogP contribution in [0.2, 0.25) is 0 Å². The number of ether oxygens (including phenoxy) is 3. The van der Waals surface area contributed by atoms with Crippen molar-refractivity contribution in [2.45, 2.75) is 44.4 Å². The van der Waals surface area contributed by atoms with Crippen molar-refractivity contribution in [3.05, 3.63) is 46.8 Å². The van der Waals surface area contributed by atoms with Crippen molar-refractivity contribution in [2.75, 3.05) is 19.9 Å². The van der Waals surface area contributed by atoms with Crippen molar-refractivity contribution in [1.29, 1.82) is 0 Å². The molecule has 1 fully saturated rings. The molecule has 11 heteroatoms. The van der Waals surface area contributed by atoms with E-state index in [0.29, 0.717) is 41.5 Å². The first kappa shape index (κ1) is 23.0. The minimum Gasteiger partial charge on any atom is -0.454 e. The zero-order valence-corrected chi connectivity index (χ0v) is 20.7. The second-order valence-corrected chi connectivity index (χ2v) is 11.3. The van der Waals surface area contributed by atoms with Crippen LogP contribution in [0.15, 0.2) is 46.3 Å². The number of benzene rings is 2. The Bertz CT molecular complexity index is 1420. The lowest BCUT2D eigenvalue weighted by molar-refractivity contribution is -0.0440. The van der Waals surface area contributed by atoms with E-state index in [4.69, 9.17) is 14.2 Å². The molecule has 3 heterocycles. The zero-order valence-electron chi connectivity index (χ0n) is 19.1. The molecule has 2 aromatic carbocycles. The molecule has 9 nitrogen and oxygen atoms in total. The maximum atomic E-state index is 13.1. The third kappa shape index (κ3) is 4.13. The number of sulfonamides is 1. The van der Waals surface area contributed by atoms with Crippen LogP contribution >= 0.6 is 11.3 Å². The highest BCUT2D eigenvalue weighted by Gasteiger charge is 2.32. The number of nitrogens with zero attached hydrogens (tertiary/aromatic N) is 3. The molecule has 0 bridgehead atoms. The van der Waals surface area contributed by atoms with Crippen LogP contribution in [0.4, 0.5) is 0 Å². The molecule has 0 saturated carbocycles. The van der Waals surface area contributed by atoms with Crippen LogP contribution in [-0.2, 0) is 21.3 Å². The maximum absolute atomic E-state index is 13.1. The molecule has 2 aliphatic heterocycles. The number of aromatic nitrogens is 1. The Balaban J connectivity index is 1.43. The summed E-state index contributed by atoms with van der Waals surface area (Å²) in [6.45, 7) is 7.10. The molecule has 0 spiro atoms. The summed E-state index contributed by atoms with van der Waals surface area (Å²) in [7, 11) is -3.68. The van der Waals surface area contributed by atoms with Crippen LogP contribution in [-0.4, -0.2) is 55.3 Å². The van der Waals surface area contributed by atoms with Crippen LogP contribution in [0, 0.1) is 0 Å². The highest BCUT2D eigenvalue weighted by Crippen LogP contribution is 2.37. The summed E-state index contributed by atoms with van der Waals surface area (Å²) >= 11 is 1.39. The molecular weight excluding hydrogens is 478 g/mol. The molecule has 0 N–H and O–H groups in total. The maximum Gasteiger partial charge on any atom is 0.279 e. The molecule has 0 radical (unpaired) electrons. The van der Waals surface area contributed by atoms with Crippen molar-refractivity contribution in [1.82, 2.24) is 8.87 Å². The number of thiazole rings is 1. The molecule has 2 atom stereocenters. The number of carbonyl (C=O) groups excluding carboxylic acids is 1. The van der Waals surface area contributed by atoms with Crippen molar-refractivity contribution in [3.8, 4) is 11.5 Å². The summed E-state index contributed by atoms with van der Waals surface area (Å²) in [6, 6.07) is 9.72. The van der Waals surface area contributed by atoms with Crippen LogP contribution in [0.3, 0.4) is 0 Å². The molecule has 2 aliphatic rings. The monoisotopic (exact) mass is 503 g/mol. The molecule has 0 aliphatic carbocycles. The van der Waals surface area contributed by atoms with Gasteiger partial charge in [-0.05, 0) is 45.0 Å². The number of aryl methyl sites for hydroxylation is 1. The fourth-order valence-electron chi connectivity index (χ4n) is 4.25. The Hall–Kier alpha value is -2.73. The number of amides is 1. The van der Waals surface area contributed by atoms with E-state index in [1.54, 1.807) is 0 Å². The molecule has 34 heavy (non-hydrogen) atoms. The Kier molecular flexibility index (Phi) is 5.96. The lowest BCUT2D eigenvalue weighted by Crippen LogP contribution is -2.48. The average molecular weight is 504 g/mol. The van der Waals surface area contributed by atoms with Crippen molar-refractivity contribution in [3.63, 3.8) is 0 Å². The molecule has 3 aromatic rings. The minimum absolute atomic E-state index is 0.144. The van der Waals surface area contributed by atoms with E-state index in [1.807, 2.05) is 37.5 Å². The molecule has 5 rings (SSSR count). The number of morpholine rings is 1. The summed E-state index contributed by atoms with van der Waals surface area (Å²) in [5.74, 6) is 0.910. The van der Waals surface area contributed by atoms with Gasteiger partial charge < -0.3 is 18.8 Å². The van der Waals surface area contributed by atoms with Gasteiger partial charge in [-0.2, -0.15) is 9.30 Å². The van der Waals surface area contributed by atoms with Crippen molar-refractivity contribution >= 4 is 37.5 Å². The number of rotatable bonds is 4. The Morgan fingerprint density at radius 3 is 2.38 bits per heavy atom. The second kappa shape index (κ2) is 8.81. The van der Waals surface area contributed by atoms with Gasteiger partial charge >= 0.3 is 0 Å². The first-order valence-corrected chi connectivity index (χ1v) is 13.3. The predicted molar refractivity (Wildman–Crippen MR) is 127 cm³/mol. The topological polar surface area (TPSA) is 99.4 Å². The van der Waals surface area contributed by atoms with Crippen molar-refractivity contribution < 1.29 is 27.4 Å². The van der Waals surface area contributed by atoms with Gasteiger partial charge in [0.15, 0.2) is 16.3 Å². The summed E-state index contributed by atoms with van der Waals surface area (Å²) < 4.78 is 47.0. The fourth-order valence-corrected chi connectivity index (χ4v) is 6.94.